The summed E-state index contributed by atoms with van der Waals surface area (Å²) in [5, 5.41) is 14.3. The van der Waals surface area contributed by atoms with Crippen molar-refractivity contribution in [2.45, 2.75) is 6.04 Å². The Kier molecular flexibility index (Phi) is 4.94. The van der Waals surface area contributed by atoms with Crippen molar-refractivity contribution in [2.75, 3.05) is 18.1 Å². The van der Waals surface area contributed by atoms with Crippen LogP contribution in [-0.2, 0) is 4.79 Å². The second-order valence-corrected chi connectivity index (χ2v) is 5.75. The lowest BCUT2D eigenvalue weighted by molar-refractivity contribution is -0.117. The molecule has 4 amide bonds. The highest BCUT2D eigenvalue weighted by Gasteiger charge is 2.28. The van der Waals surface area contributed by atoms with Gasteiger partial charge >= 0.3 is 6.03 Å². The third kappa shape index (κ3) is 3.70. The number of aliphatic hydroxyl groups is 1. The highest BCUT2D eigenvalue weighted by molar-refractivity contribution is 6.12. The average molecular weight is 357 g/mol. The van der Waals surface area contributed by atoms with Gasteiger partial charge in [-0.1, -0.05) is 12.1 Å². The zero-order chi connectivity index (χ0) is 18.7. The van der Waals surface area contributed by atoms with Crippen LogP contribution in [0.1, 0.15) is 22.0 Å². The van der Waals surface area contributed by atoms with Crippen LogP contribution in [0.2, 0.25) is 0 Å². The van der Waals surface area contributed by atoms with Crippen molar-refractivity contribution in [1.82, 2.24) is 10.6 Å². The Morgan fingerprint density at radius 1 is 1.15 bits per heavy atom. The van der Waals surface area contributed by atoms with Gasteiger partial charge in [0.2, 0.25) is 5.91 Å². The summed E-state index contributed by atoms with van der Waals surface area (Å²) in [6.07, 6.45) is 0. The van der Waals surface area contributed by atoms with Crippen LogP contribution in [0.15, 0.2) is 48.5 Å². The van der Waals surface area contributed by atoms with Crippen LogP contribution >= 0.6 is 0 Å². The molecule has 1 heterocycles. The van der Waals surface area contributed by atoms with Crippen LogP contribution in [-0.4, -0.2) is 36.1 Å². The molecule has 8 heteroatoms. The number of halogens is 1. The van der Waals surface area contributed by atoms with Gasteiger partial charge in [0.15, 0.2) is 0 Å². The number of benzene rings is 2. The predicted molar refractivity (Wildman–Crippen MR) is 91.0 cm³/mol. The number of carbonyl (C=O) groups excluding carboxylic acids is 3. The lowest BCUT2D eigenvalue weighted by Gasteiger charge is -2.17. The summed E-state index contributed by atoms with van der Waals surface area (Å²) in [4.78, 5) is 36.5. The molecular formula is C18H16FN3O4. The first kappa shape index (κ1) is 17.6. The summed E-state index contributed by atoms with van der Waals surface area (Å²) in [6, 6.07) is 10.4. The number of anilines is 1. The van der Waals surface area contributed by atoms with E-state index in [1.165, 1.54) is 41.3 Å². The predicted octanol–water partition coefficient (Wildman–Crippen LogP) is 1.35. The molecule has 0 unspecified atom stereocenters. The van der Waals surface area contributed by atoms with Gasteiger partial charge in [-0.15, -0.1) is 0 Å². The Morgan fingerprint density at radius 3 is 2.35 bits per heavy atom. The van der Waals surface area contributed by atoms with Gasteiger partial charge in [-0.2, -0.15) is 0 Å². The number of urea groups is 1. The molecule has 0 aliphatic carbocycles. The third-order valence-electron chi connectivity index (χ3n) is 3.99. The summed E-state index contributed by atoms with van der Waals surface area (Å²) in [5.41, 5.74) is 1.38. The topological polar surface area (TPSA) is 98.7 Å². The summed E-state index contributed by atoms with van der Waals surface area (Å²) in [6.45, 7) is -0.410. The molecule has 2 aromatic rings. The number of hydrogen-bond donors (Lipinski definition) is 3. The number of hydrogen-bond acceptors (Lipinski definition) is 4. The fourth-order valence-electron chi connectivity index (χ4n) is 2.61. The van der Waals surface area contributed by atoms with Crippen molar-refractivity contribution in [1.29, 1.82) is 0 Å². The van der Waals surface area contributed by atoms with E-state index in [1.807, 2.05) is 0 Å². The van der Waals surface area contributed by atoms with Crippen molar-refractivity contribution in [2.24, 2.45) is 0 Å². The van der Waals surface area contributed by atoms with E-state index in [9.17, 15) is 23.9 Å². The fourth-order valence-corrected chi connectivity index (χ4v) is 2.61. The van der Waals surface area contributed by atoms with E-state index in [4.69, 9.17) is 0 Å². The van der Waals surface area contributed by atoms with Crippen molar-refractivity contribution < 1.29 is 23.9 Å². The molecule has 7 nitrogen and oxygen atoms in total. The van der Waals surface area contributed by atoms with Gasteiger partial charge in [0, 0.05) is 11.3 Å². The Morgan fingerprint density at radius 2 is 1.81 bits per heavy atom. The SMILES string of the molecule is O=C1CN(c2ccc(C(=O)N[C@@H](CO)c3ccc(F)cc3)cc2)C(=O)N1. The summed E-state index contributed by atoms with van der Waals surface area (Å²) in [5.74, 6) is -1.22. The molecule has 0 saturated carbocycles. The quantitative estimate of drug-likeness (QED) is 0.704. The van der Waals surface area contributed by atoms with E-state index in [0.29, 0.717) is 16.8 Å². The smallest absolute Gasteiger partial charge is 0.329 e. The first-order valence-electron chi connectivity index (χ1n) is 7.86. The van der Waals surface area contributed by atoms with Gasteiger partial charge in [-0.25, -0.2) is 9.18 Å². The Balaban J connectivity index is 1.70. The minimum absolute atomic E-state index is 0.0679. The van der Waals surface area contributed by atoms with Gasteiger partial charge in [-0.05, 0) is 42.0 Å². The van der Waals surface area contributed by atoms with Crippen molar-refractivity contribution in [3.8, 4) is 0 Å². The number of nitrogens with zero attached hydrogens (tertiary/aromatic N) is 1. The lowest BCUT2D eigenvalue weighted by atomic mass is 10.1. The first-order chi connectivity index (χ1) is 12.5. The van der Waals surface area contributed by atoms with Crippen molar-refractivity contribution in [3.05, 3.63) is 65.5 Å². The Bertz CT molecular complexity index is 837. The molecule has 1 atom stereocenters. The second kappa shape index (κ2) is 7.32. The highest BCUT2D eigenvalue weighted by Crippen LogP contribution is 2.19. The average Bonchev–Trinajstić information content (AvgIpc) is 2.98. The molecule has 3 rings (SSSR count). The Labute approximate surface area is 148 Å². The number of nitrogens with one attached hydrogen (secondary N) is 2. The van der Waals surface area contributed by atoms with Gasteiger partial charge < -0.3 is 10.4 Å². The molecule has 0 spiro atoms. The maximum absolute atomic E-state index is 13.0. The van der Waals surface area contributed by atoms with Gasteiger partial charge in [0.1, 0.15) is 12.4 Å². The zero-order valence-corrected chi connectivity index (χ0v) is 13.6. The second-order valence-electron chi connectivity index (χ2n) is 5.75. The number of amides is 4. The molecule has 0 radical (unpaired) electrons. The van der Waals surface area contributed by atoms with E-state index in [2.05, 4.69) is 10.6 Å². The van der Waals surface area contributed by atoms with Crippen LogP contribution in [0.3, 0.4) is 0 Å². The number of carbonyl (C=O) groups is 3. The van der Waals surface area contributed by atoms with E-state index in [-0.39, 0.29) is 19.1 Å². The van der Waals surface area contributed by atoms with Crippen LogP contribution in [0.5, 0.6) is 0 Å². The highest BCUT2D eigenvalue weighted by atomic mass is 19.1. The van der Waals surface area contributed by atoms with Crippen LogP contribution < -0.4 is 15.5 Å². The first-order valence-corrected chi connectivity index (χ1v) is 7.86. The van der Waals surface area contributed by atoms with Gasteiger partial charge in [0.05, 0.1) is 12.6 Å². The molecule has 3 N–H and O–H groups in total. The molecular weight excluding hydrogens is 341 g/mol. The third-order valence-corrected chi connectivity index (χ3v) is 3.99. The fraction of sp³-hybridized carbons (Fsp3) is 0.167. The minimum atomic E-state index is -0.676. The summed E-state index contributed by atoms with van der Waals surface area (Å²) < 4.78 is 13.0. The van der Waals surface area contributed by atoms with Crippen molar-refractivity contribution >= 4 is 23.5 Å². The van der Waals surface area contributed by atoms with Crippen molar-refractivity contribution in [3.63, 3.8) is 0 Å². The van der Waals surface area contributed by atoms with E-state index < -0.39 is 23.8 Å². The van der Waals surface area contributed by atoms with E-state index in [0.717, 1.165) is 0 Å². The maximum Gasteiger partial charge on any atom is 0.329 e. The minimum Gasteiger partial charge on any atom is -0.394 e. The molecule has 1 saturated heterocycles. The molecule has 134 valence electrons. The van der Waals surface area contributed by atoms with Crippen LogP contribution in [0.25, 0.3) is 0 Å². The molecule has 2 aromatic carbocycles. The van der Waals surface area contributed by atoms with E-state index in [1.54, 1.807) is 12.1 Å². The maximum atomic E-state index is 13.0. The number of aliphatic hydroxyl groups excluding tert-OH is 1. The van der Waals surface area contributed by atoms with Crippen LogP contribution in [0.4, 0.5) is 14.9 Å². The molecule has 0 aromatic heterocycles. The molecule has 0 bridgehead atoms. The monoisotopic (exact) mass is 357 g/mol. The molecule has 1 aliphatic heterocycles. The summed E-state index contributed by atoms with van der Waals surface area (Å²) in [7, 11) is 0. The zero-order valence-electron chi connectivity index (χ0n) is 13.6. The number of rotatable bonds is 5. The Hall–Kier alpha value is -3.26. The summed E-state index contributed by atoms with van der Waals surface area (Å²) >= 11 is 0. The molecule has 1 aliphatic rings. The molecule has 1 fully saturated rings. The normalized spacial score (nSPS) is 14.9. The van der Waals surface area contributed by atoms with Crippen LogP contribution in [0, 0.1) is 5.82 Å². The van der Waals surface area contributed by atoms with Gasteiger partial charge in [-0.3, -0.25) is 19.8 Å². The standard InChI is InChI=1S/C18H16FN3O4/c19-13-5-1-11(2-6-13)15(10-23)20-17(25)12-3-7-14(8-4-12)22-9-16(24)21-18(22)26/h1-8,15,23H,9-10H2,(H,20,25)(H,21,24,26)/t15-/m0/s1. The van der Waals surface area contributed by atoms with Gasteiger partial charge in [0.25, 0.3) is 5.91 Å². The van der Waals surface area contributed by atoms with E-state index >= 15 is 0 Å². The molecule has 26 heavy (non-hydrogen) atoms. The number of imide groups is 1. The lowest BCUT2D eigenvalue weighted by Crippen LogP contribution is -2.31. The largest absolute Gasteiger partial charge is 0.394 e.